The minimum atomic E-state index is -0.409. The topological polar surface area (TPSA) is 20.3 Å². The molecule has 0 saturated carbocycles. The highest BCUT2D eigenvalue weighted by Gasteiger charge is 2.21. The van der Waals surface area contributed by atoms with Crippen molar-refractivity contribution in [3.8, 4) is 0 Å². The van der Waals surface area contributed by atoms with Gasteiger partial charge in [-0.25, -0.2) is 4.39 Å². The first-order valence-electron chi connectivity index (χ1n) is 6.14. The van der Waals surface area contributed by atoms with Crippen molar-refractivity contribution < 1.29 is 9.18 Å². The van der Waals surface area contributed by atoms with Crippen LogP contribution in [-0.2, 0) is 0 Å². The lowest BCUT2D eigenvalue weighted by atomic mass is 9.97. The van der Waals surface area contributed by atoms with Crippen molar-refractivity contribution in [2.45, 2.75) is 26.7 Å². The molecule has 2 nitrogen and oxygen atoms in total. The number of hydrogen-bond donors (Lipinski definition) is 0. The molecule has 1 aliphatic rings. The van der Waals surface area contributed by atoms with Crippen molar-refractivity contribution in [1.82, 2.24) is 0 Å². The number of benzene rings is 1. The highest BCUT2D eigenvalue weighted by atomic mass is 19.1. The maximum absolute atomic E-state index is 13.7. The largest absolute Gasteiger partial charge is 0.371 e. The van der Waals surface area contributed by atoms with Gasteiger partial charge in [-0.05, 0) is 37.8 Å². The second kappa shape index (κ2) is 4.86. The number of hydrogen-bond acceptors (Lipinski definition) is 2. The van der Waals surface area contributed by atoms with E-state index in [1.165, 1.54) is 13.0 Å². The van der Waals surface area contributed by atoms with E-state index >= 15 is 0 Å². The number of halogens is 1. The van der Waals surface area contributed by atoms with Crippen molar-refractivity contribution in [3.63, 3.8) is 0 Å². The molecule has 1 aromatic rings. The van der Waals surface area contributed by atoms with E-state index in [2.05, 4.69) is 11.8 Å². The lowest BCUT2D eigenvalue weighted by Crippen LogP contribution is -2.33. The zero-order valence-electron chi connectivity index (χ0n) is 10.4. The Balaban J connectivity index is 2.32. The number of ketones is 1. The number of rotatable bonds is 2. The Morgan fingerprint density at radius 1 is 1.35 bits per heavy atom. The minimum absolute atomic E-state index is 0.197. The lowest BCUT2D eigenvalue weighted by Gasteiger charge is -2.33. The maximum atomic E-state index is 13.7. The first-order chi connectivity index (χ1) is 8.09. The van der Waals surface area contributed by atoms with Crippen LogP contribution in [0.25, 0.3) is 0 Å². The SMILES string of the molecule is CC(=O)c1c(F)cccc1N1CCC(C)CC1. The minimum Gasteiger partial charge on any atom is -0.371 e. The van der Waals surface area contributed by atoms with Gasteiger partial charge in [-0.15, -0.1) is 0 Å². The second-order valence-corrected chi connectivity index (χ2v) is 4.86. The summed E-state index contributed by atoms with van der Waals surface area (Å²) in [6, 6.07) is 4.87. The van der Waals surface area contributed by atoms with Gasteiger partial charge in [-0.2, -0.15) is 0 Å². The van der Waals surface area contributed by atoms with Gasteiger partial charge in [0.25, 0.3) is 0 Å². The first-order valence-corrected chi connectivity index (χ1v) is 6.14. The molecule has 0 radical (unpaired) electrons. The van der Waals surface area contributed by atoms with Gasteiger partial charge in [0.1, 0.15) is 5.82 Å². The Labute approximate surface area is 101 Å². The molecule has 1 aliphatic heterocycles. The van der Waals surface area contributed by atoms with E-state index < -0.39 is 5.82 Å². The van der Waals surface area contributed by atoms with E-state index in [0.717, 1.165) is 37.5 Å². The molecule has 92 valence electrons. The molecule has 0 unspecified atom stereocenters. The molecule has 3 heteroatoms. The monoisotopic (exact) mass is 235 g/mol. The van der Waals surface area contributed by atoms with Crippen molar-refractivity contribution in [3.05, 3.63) is 29.6 Å². The van der Waals surface area contributed by atoms with E-state index in [4.69, 9.17) is 0 Å². The van der Waals surface area contributed by atoms with E-state index in [-0.39, 0.29) is 11.3 Å². The number of carbonyl (C=O) groups is 1. The highest BCUT2D eigenvalue weighted by Crippen LogP contribution is 2.28. The van der Waals surface area contributed by atoms with Crippen molar-refractivity contribution in [2.75, 3.05) is 18.0 Å². The fourth-order valence-corrected chi connectivity index (χ4v) is 2.37. The molecular weight excluding hydrogens is 217 g/mol. The fourth-order valence-electron chi connectivity index (χ4n) is 2.37. The highest BCUT2D eigenvalue weighted by molar-refractivity contribution is 6.00. The Hall–Kier alpha value is -1.38. The van der Waals surface area contributed by atoms with Crippen molar-refractivity contribution >= 4 is 11.5 Å². The average Bonchev–Trinajstić information content (AvgIpc) is 2.29. The molecule has 0 amide bonds. The van der Waals surface area contributed by atoms with Crippen LogP contribution in [0.1, 0.15) is 37.0 Å². The van der Waals surface area contributed by atoms with Gasteiger partial charge in [0.15, 0.2) is 5.78 Å². The summed E-state index contributed by atoms with van der Waals surface area (Å²) in [6.45, 7) is 5.47. The molecule has 0 atom stereocenters. The van der Waals surface area contributed by atoms with Crippen molar-refractivity contribution in [1.29, 1.82) is 0 Å². The smallest absolute Gasteiger partial charge is 0.164 e. The Kier molecular flexibility index (Phi) is 3.46. The van der Waals surface area contributed by atoms with Crippen molar-refractivity contribution in [2.24, 2.45) is 5.92 Å². The molecular formula is C14H18FNO. The van der Waals surface area contributed by atoms with Gasteiger partial charge in [-0.1, -0.05) is 13.0 Å². The number of anilines is 1. The van der Waals surface area contributed by atoms with Crippen LogP contribution in [0.4, 0.5) is 10.1 Å². The Bertz CT molecular complexity index is 422. The molecule has 0 spiro atoms. The van der Waals surface area contributed by atoms with Crippen LogP contribution in [0.3, 0.4) is 0 Å². The molecule has 1 fully saturated rings. The average molecular weight is 235 g/mol. The molecule has 0 aromatic heterocycles. The molecule has 0 aliphatic carbocycles. The van der Waals surface area contributed by atoms with E-state index in [1.807, 2.05) is 6.07 Å². The van der Waals surface area contributed by atoms with E-state index in [9.17, 15) is 9.18 Å². The second-order valence-electron chi connectivity index (χ2n) is 4.86. The Morgan fingerprint density at radius 3 is 2.59 bits per heavy atom. The number of Topliss-reactive ketones (excluding diaryl/α,β-unsaturated/α-hetero) is 1. The Morgan fingerprint density at radius 2 is 2.00 bits per heavy atom. The quantitative estimate of drug-likeness (QED) is 0.733. The third kappa shape index (κ3) is 2.48. The van der Waals surface area contributed by atoms with Gasteiger partial charge in [0.2, 0.25) is 0 Å². The normalized spacial score (nSPS) is 17.2. The zero-order valence-corrected chi connectivity index (χ0v) is 10.4. The predicted octanol–water partition coefficient (Wildman–Crippen LogP) is 3.26. The summed E-state index contributed by atoms with van der Waals surface area (Å²) >= 11 is 0. The third-order valence-corrected chi connectivity index (χ3v) is 3.47. The van der Waals surface area contributed by atoms with Crippen LogP contribution in [0.2, 0.25) is 0 Å². The molecule has 1 heterocycles. The summed E-state index contributed by atoms with van der Waals surface area (Å²) in [4.78, 5) is 13.7. The maximum Gasteiger partial charge on any atom is 0.164 e. The standard InChI is InChI=1S/C14H18FNO/c1-10-6-8-16(9-7-10)13-5-3-4-12(15)14(13)11(2)17/h3-5,10H,6-9H2,1-2H3. The first kappa shape index (κ1) is 12.1. The molecule has 2 rings (SSSR count). The predicted molar refractivity (Wildman–Crippen MR) is 67.0 cm³/mol. The van der Waals surface area contributed by atoms with Crippen LogP contribution in [0.15, 0.2) is 18.2 Å². The van der Waals surface area contributed by atoms with Crippen LogP contribution in [-0.4, -0.2) is 18.9 Å². The van der Waals surface area contributed by atoms with Gasteiger partial charge < -0.3 is 4.90 Å². The van der Waals surface area contributed by atoms with E-state index in [1.54, 1.807) is 6.07 Å². The third-order valence-electron chi connectivity index (χ3n) is 3.47. The van der Waals surface area contributed by atoms with Crippen LogP contribution in [0, 0.1) is 11.7 Å². The fraction of sp³-hybridized carbons (Fsp3) is 0.500. The molecule has 0 bridgehead atoms. The van der Waals surface area contributed by atoms with Gasteiger partial charge in [0.05, 0.1) is 11.3 Å². The lowest BCUT2D eigenvalue weighted by molar-refractivity contribution is 0.101. The summed E-state index contributed by atoms with van der Waals surface area (Å²) in [5, 5.41) is 0. The number of nitrogens with zero attached hydrogens (tertiary/aromatic N) is 1. The molecule has 17 heavy (non-hydrogen) atoms. The molecule has 0 N–H and O–H groups in total. The summed E-state index contributed by atoms with van der Waals surface area (Å²) in [7, 11) is 0. The summed E-state index contributed by atoms with van der Waals surface area (Å²) in [6.07, 6.45) is 2.21. The van der Waals surface area contributed by atoms with Gasteiger partial charge in [-0.3, -0.25) is 4.79 Å². The molecule has 1 saturated heterocycles. The van der Waals surface area contributed by atoms with Crippen LogP contribution >= 0.6 is 0 Å². The van der Waals surface area contributed by atoms with Gasteiger partial charge >= 0.3 is 0 Å². The summed E-state index contributed by atoms with van der Waals surface area (Å²) in [5.74, 6) is 0.117. The summed E-state index contributed by atoms with van der Waals surface area (Å²) in [5.41, 5.74) is 0.992. The number of piperidine rings is 1. The number of carbonyl (C=O) groups excluding carboxylic acids is 1. The molecule has 1 aromatic carbocycles. The summed E-state index contributed by atoms with van der Waals surface area (Å²) < 4.78 is 13.7. The van der Waals surface area contributed by atoms with Gasteiger partial charge in [0, 0.05) is 13.1 Å². The van der Waals surface area contributed by atoms with Crippen LogP contribution < -0.4 is 4.90 Å². The van der Waals surface area contributed by atoms with E-state index in [0.29, 0.717) is 0 Å². The zero-order chi connectivity index (χ0) is 12.4. The van der Waals surface area contributed by atoms with Crippen LogP contribution in [0.5, 0.6) is 0 Å².